The number of hydrogen-bond acceptors (Lipinski definition) is 5. The second-order valence-corrected chi connectivity index (χ2v) is 6.58. The van der Waals surface area contributed by atoms with Crippen molar-refractivity contribution in [1.82, 2.24) is 9.55 Å². The Morgan fingerprint density at radius 1 is 1.17 bits per heavy atom. The number of aromatic nitrogens is 2. The molecule has 5 N–H and O–H groups in total. The molecule has 1 aliphatic heterocycles. The minimum Gasteiger partial charge on any atom is -0.508 e. The molecule has 2 heterocycles. The number of alkyl halides is 3. The number of halogens is 3. The first-order valence-corrected chi connectivity index (χ1v) is 8.57. The van der Waals surface area contributed by atoms with Gasteiger partial charge in [-0.2, -0.15) is 13.2 Å². The van der Waals surface area contributed by atoms with Crippen LogP contribution < -0.4 is 16.7 Å². The zero-order valence-electron chi connectivity index (χ0n) is 15.1. The van der Waals surface area contributed by atoms with Crippen LogP contribution in [0.25, 0.3) is 5.69 Å². The predicted molar refractivity (Wildman–Crippen MR) is 102 cm³/mol. The van der Waals surface area contributed by atoms with E-state index < -0.39 is 29.0 Å². The van der Waals surface area contributed by atoms with E-state index in [0.717, 1.165) is 28.8 Å². The van der Waals surface area contributed by atoms with E-state index in [4.69, 9.17) is 5.73 Å². The Labute approximate surface area is 166 Å². The highest BCUT2D eigenvalue weighted by atomic mass is 19.4. The Kier molecular flexibility index (Phi) is 4.19. The topological polar surface area (TPSA) is 126 Å². The molecule has 1 aromatic heterocycles. The number of rotatable bonds is 3. The number of H-pyrrole nitrogens is 1. The molecule has 1 aliphatic rings. The maximum Gasteiger partial charge on any atom is 0.416 e. The van der Waals surface area contributed by atoms with E-state index in [1.807, 2.05) is 0 Å². The van der Waals surface area contributed by atoms with E-state index in [0.29, 0.717) is 0 Å². The molecule has 0 bridgehead atoms. The van der Waals surface area contributed by atoms with Crippen molar-refractivity contribution in [3.05, 3.63) is 75.8 Å². The van der Waals surface area contributed by atoms with Gasteiger partial charge in [-0.1, -0.05) is 12.1 Å². The number of nitrogens with zero attached hydrogens (tertiary/aromatic N) is 2. The van der Waals surface area contributed by atoms with Gasteiger partial charge in [-0.25, -0.2) is 14.4 Å². The second kappa shape index (κ2) is 6.51. The van der Waals surface area contributed by atoms with Gasteiger partial charge >= 0.3 is 11.9 Å². The molecule has 0 radical (unpaired) electrons. The normalized spacial score (nSPS) is 18.0. The first-order valence-electron chi connectivity index (χ1n) is 8.57. The predicted octanol–water partition coefficient (Wildman–Crippen LogP) is 2.07. The number of hydrogen-bond donors (Lipinski definition) is 4. The van der Waals surface area contributed by atoms with Crippen molar-refractivity contribution in [3.63, 3.8) is 0 Å². The molecule has 4 rings (SSSR count). The molecule has 2 aromatic carbocycles. The summed E-state index contributed by atoms with van der Waals surface area (Å²) in [6.45, 7) is 0. The standard InChI is InChI=1S/C19H14F3N5O3/c20-19(21,22)10-4-6-12(7-5-10)27-15-14(25-17(27)30)9-24-18(26-15,16(23)29)11-2-1-3-13(28)8-11/h1-9,26,28H,(H2,23,29)(H,25,30). The Bertz CT molecular complexity index is 1230. The third-order valence-corrected chi connectivity index (χ3v) is 4.68. The van der Waals surface area contributed by atoms with Gasteiger partial charge in [-0.05, 0) is 36.4 Å². The number of aromatic amines is 1. The van der Waals surface area contributed by atoms with Crippen molar-refractivity contribution in [3.8, 4) is 11.4 Å². The lowest BCUT2D eigenvalue weighted by molar-refractivity contribution is -0.137. The van der Waals surface area contributed by atoms with Crippen molar-refractivity contribution in [2.75, 3.05) is 5.32 Å². The van der Waals surface area contributed by atoms with Gasteiger partial charge in [0.15, 0.2) is 0 Å². The van der Waals surface area contributed by atoms with Crippen LogP contribution in [0.15, 0.2) is 58.3 Å². The third kappa shape index (κ3) is 3.00. The van der Waals surface area contributed by atoms with Crippen LogP contribution in [0, 0.1) is 0 Å². The average Bonchev–Trinajstić information content (AvgIpc) is 3.01. The first-order chi connectivity index (χ1) is 14.1. The van der Waals surface area contributed by atoms with Gasteiger partial charge in [0, 0.05) is 5.56 Å². The van der Waals surface area contributed by atoms with Crippen LogP contribution in [-0.4, -0.2) is 26.8 Å². The van der Waals surface area contributed by atoms with Crippen LogP contribution in [-0.2, 0) is 16.6 Å². The number of nitrogens with one attached hydrogen (secondary N) is 2. The van der Waals surface area contributed by atoms with Crippen LogP contribution in [0.3, 0.4) is 0 Å². The molecule has 0 fully saturated rings. The fraction of sp³-hybridized carbons (Fsp3) is 0.105. The number of primary amides is 1. The van der Waals surface area contributed by atoms with Crippen molar-refractivity contribution < 1.29 is 23.1 Å². The summed E-state index contributed by atoms with van der Waals surface area (Å²) < 4.78 is 39.6. The van der Waals surface area contributed by atoms with E-state index in [-0.39, 0.29) is 28.5 Å². The highest BCUT2D eigenvalue weighted by molar-refractivity contribution is 5.97. The summed E-state index contributed by atoms with van der Waals surface area (Å²) >= 11 is 0. The van der Waals surface area contributed by atoms with Gasteiger partial charge in [-0.3, -0.25) is 4.79 Å². The van der Waals surface area contributed by atoms with E-state index in [1.54, 1.807) is 0 Å². The zero-order valence-corrected chi connectivity index (χ0v) is 15.1. The Hall–Kier alpha value is -4.02. The smallest absolute Gasteiger partial charge is 0.416 e. The SMILES string of the molecule is NC(=O)C1(c2cccc(O)c2)N=Cc2[nH]c(=O)n(-c3ccc(C(F)(F)F)cc3)c2N1. The summed E-state index contributed by atoms with van der Waals surface area (Å²) in [7, 11) is 0. The fourth-order valence-corrected chi connectivity index (χ4v) is 3.22. The summed E-state index contributed by atoms with van der Waals surface area (Å²) in [4.78, 5) is 31.5. The molecular weight excluding hydrogens is 403 g/mol. The molecule has 0 saturated heterocycles. The minimum absolute atomic E-state index is 0.0805. The summed E-state index contributed by atoms with van der Waals surface area (Å²) in [6.07, 6.45) is -3.30. The first kappa shape index (κ1) is 19.3. The van der Waals surface area contributed by atoms with E-state index in [2.05, 4.69) is 15.3 Å². The molecule has 1 amide bonds. The van der Waals surface area contributed by atoms with Crippen LogP contribution in [0.1, 0.15) is 16.8 Å². The number of aliphatic imine (C=N–C) groups is 1. The quantitative estimate of drug-likeness (QED) is 0.521. The van der Waals surface area contributed by atoms with Crippen molar-refractivity contribution in [2.24, 2.45) is 10.7 Å². The van der Waals surface area contributed by atoms with Gasteiger partial charge in [0.1, 0.15) is 17.3 Å². The number of fused-ring (bicyclic) bond motifs is 1. The van der Waals surface area contributed by atoms with Gasteiger partial charge in [0.05, 0.1) is 17.5 Å². The minimum atomic E-state index is -4.53. The average molecular weight is 417 g/mol. The number of phenolic OH excluding ortho intramolecular Hbond substituents is 1. The van der Waals surface area contributed by atoms with Crippen LogP contribution in [0.5, 0.6) is 5.75 Å². The Morgan fingerprint density at radius 3 is 2.47 bits per heavy atom. The number of nitrogens with two attached hydrogens (primary N) is 1. The number of carbonyl (C=O) groups excluding carboxylic acids is 1. The summed E-state index contributed by atoms with van der Waals surface area (Å²) in [5, 5.41) is 12.6. The summed E-state index contributed by atoms with van der Waals surface area (Å²) in [5.74, 6) is -0.968. The van der Waals surface area contributed by atoms with Crippen molar-refractivity contribution in [2.45, 2.75) is 11.8 Å². The monoisotopic (exact) mass is 417 g/mol. The van der Waals surface area contributed by atoms with E-state index in [9.17, 15) is 27.9 Å². The summed E-state index contributed by atoms with van der Waals surface area (Å²) in [5.41, 5.74) is 2.76. The Balaban J connectivity index is 1.84. The molecule has 3 aromatic rings. The lowest BCUT2D eigenvalue weighted by atomic mass is 9.97. The molecule has 154 valence electrons. The zero-order chi connectivity index (χ0) is 21.7. The van der Waals surface area contributed by atoms with Gasteiger partial charge in [0.2, 0.25) is 5.66 Å². The maximum atomic E-state index is 12.8. The van der Waals surface area contributed by atoms with E-state index in [1.165, 1.54) is 30.5 Å². The van der Waals surface area contributed by atoms with E-state index >= 15 is 0 Å². The number of carbonyl (C=O) groups is 1. The second-order valence-electron chi connectivity index (χ2n) is 6.58. The number of benzene rings is 2. The van der Waals surface area contributed by atoms with Gasteiger partial charge < -0.3 is 21.1 Å². The highest BCUT2D eigenvalue weighted by Crippen LogP contribution is 2.35. The molecular formula is C19H14F3N5O3. The molecule has 0 aliphatic carbocycles. The van der Waals surface area contributed by atoms with Crippen molar-refractivity contribution >= 4 is 17.9 Å². The number of amides is 1. The molecule has 1 unspecified atom stereocenters. The number of phenols is 1. The number of imidazole rings is 1. The van der Waals surface area contributed by atoms with Crippen LogP contribution in [0.4, 0.5) is 19.0 Å². The fourth-order valence-electron chi connectivity index (χ4n) is 3.22. The molecule has 1 atom stereocenters. The Morgan fingerprint density at radius 2 is 1.87 bits per heavy atom. The molecule has 11 heteroatoms. The lowest BCUT2D eigenvalue weighted by Crippen LogP contribution is -2.48. The molecule has 30 heavy (non-hydrogen) atoms. The van der Waals surface area contributed by atoms with Crippen LogP contribution in [0.2, 0.25) is 0 Å². The molecule has 0 saturated carbocycles. The number of anilines is 1. The largest absolute Gasteiger partial charge is 0.508 e. The maximum absolute atomic E-state index is 12.8. The molecule has 0 spiro atoms. The highest BCUT2D eigenvalue weighted by Gasteiger charge is 2.42. The van der Waals surface area contributed by atoms with Crippen molar-refractivity contribution in [1.29, 1.82) is 0 Å². The van der Waals surface area contributed by atoms with Gasteiger partial charge in [-0.15, -0.1) is 0 Å². The number of aromatic hydroxyl groups is 1. The third-order valence-electron chi connectivity index (χ3n) is 4.68. The molecule has 8 nitrogen and oxygen atoms in total. The van der Waals surface area contributed by atoms with Crippen LogP contribution >= 0.6 is 0 Å². The summed E-state index contributed by atoms with van der Waals surface area (Å²) in [6, 6.07) is 9.62. The lowest BCUT2D eigenvalue weighted by Gasteiger charge is -2.32. The van der Waals surface area contributed by atoms with Gasteiger partial charge in [0.25, 0.3) is 5.91 Å².